The Morgan fingerprint density at radius 2 is 1.76 bits per heavy atom. The van der Waals surface area contributed by atoms with Crippen LogP contribution in [0.3, 0.4) is 0 Å². The van der Waals surface area contributed by atoms with E-state index in [1.807, 2.05) is 4.90 Å². The monoisotopic (exact) mass is 476 g/mol. The number of rotatable bonds is 5. The molecule has 2 aromatic rings. The normalized spacial score (nSPS) is 18.9. The molecule has 9 heteroatoms. The fourth-order valence-electron chi connectivity index (χ4n) is 4.96. The first-order valence-electron chi connectivity index (χ1n) is 11.9. The van der Waals surface area contributed by atoms with Gasteiger partial charge in [-0.2, -0.15) is 13.2 Å². The van der Waals surface area contributed by atoms with Gasteiger partial charge in [0, 0.05) is 43.5 Å². The highest BCUT2D eigenvalue weighted by Crippen LogP contribution is 2.30. The van der Waals surface area contributed by atoms with Crippen molar-refractivity contribution in [1.82, 2.24) is 19.8 Å². The van der Waals surface area contributed by atoms with Crippen molar-refractivity contribution in [1.29, 1.82) is 0 Å². The van der Waals surface area contributed by atoms with Crippen LogP contribution >= 0.6 is 0 Å². The van der Waals surface area contributed by atoms with Crippen LogP contribution < -0.4 is 0 Å². The molecule has 0 unspecified atom stereocenters. The van der Waals surface area contributed by atoms with Crippen LogP contribution in [0.5, 0.6) is 0 Å². The molecule has 34 heavy (non-hydrogen) atoms. The third kappa shape index (κ3) is 5.75. The van der Waals surface area contributed by atoms with Crippen molar-refractivity contribution >= 4 is 5.91 Å². The van der Waals surface area contributed by atoms with Crippen LogP contribution in [-0.4, -0.2) is 69.1 Å². The van der Waals surface area contributed by atoms with Crippen LogP contribution in [0, 0.1) is 6.92 Å². The van der Waals surface area contributed by atoms with Crippen molar-refractivity contribution in [3.8, 4) is 0 Å². The Morgan fingerprint density at radius 1 is 1.06 bits per heavy atom. The molecule has 4 rings (SSSR count). The average Bonchev–Trinajstić information content (AvgIpc) is 2.83. The molecule has 0 spiro atoms. The van der Waals surface area contributed by atoms with Gasteiger partial charge in [-0.15, -0.1) is 0 Å². The zero-order valence-electron chi connectivity index (χ0n) is 19.4. The number of aryl methyl sites for hydroxylation is 2. The molecule has 1 N–H and O–H groups in total. The van der Waals surface area contributed by atoms with Crippen LogP contribution in [0.15, 0.2) is 30.6 Å². The van der Waals surface area contributed by atoms with E-state index in [-0.39, 0.29) is 12.0 Å². The average molecular weight is 477 g/mol. The van der Waals surface area contributed by atoms with Gasteiger partial charge in [-0.05, 0) is 57.1 Å². The lowest BCUT2D eigenvalue weighted by Gasteiger charge is -2.41. The number of aliphatic hydroxyl groups excluding tert-OH is 1. The summed E-state index contributed by atoms with van der Waals surface area (Å²) in [5.41, 5.74) is 1.65. The van der Waals surface area contributed by atoms with Gasteiger partial charge in [-0.1, -0.05) is 18.2 Å². The van der Waals surface area contributed by atoms with E-state index in [1.54, 1.807) is 13.0 Å². The zero-order chi connectivity index (χ0) is 24.3. The number of amides is 1. The van der Waals surface area contributed by atoms with Gasteiger partial charge in [0.2, 0.25) is 0 Å². The highest BCUT2D eigenvalue weighted by molar-refractivity contribution is 5.93. The van der Waals surface area contributed by atoms with E-state index in [0.29, 0.717) is 54.5 Å². The van der Waals surface area contributed by atoms with Gasteiger partial charge in [-0.3, -0.25) is 4.79 Å². The summed E-state index contributed by atoms with van der Waals surface area (Å²) in [6.45, 7) is 4.93. The molecule has 1 aromatic heterocycles. The van der Waals surface area contributed by atoms with E-state index in [0.717, 1.165) is 50.9 Å². The molecule has 2 aliphatic rings. The summed E-state index contributed by atoms with van der Waals surface area (Å²) in [7, 11) is 0. The van der Waals surface area contributed by atoms with Gasteiger partial charge < -0.3 is 14.9 Å². The van der Waals surface area contributed by atoms with Gasteiger partial charge in [0.05, 0.1) is 11.7 Å². The first kappa shape index (κ1) is 24.6. The lowest BCUT2D eigenvalue weighted by atomic mass is 9.98. The first-order valence-corrected chi connectivity index (χ1v) is 11.9. The van der Waals surface area contributed by atoms with E-state index >= 15 is 0 Å². The molecule has 0 bridgehead atoms. The third-order valence-corrected chi connectivity index (χ3v) is 7.06. The largest absolute Gasteiger partial charge is 0.416 e. The van der Waals surface area contributed by atoms with Crippen molar-refractivity contribution in [2.45, 2.75) is 63.8 Å². The van der Waals surface area contributed by atoms with Crippen molar-refractivity contribution in [3.05, 3.63) is 58.7 Å². The fraction of sp³-hybridized carbons (Fsp3) is 0.560. The quantitative estimate of drug-likeness (QED) is 0.714. The summed E-state index contributed by atoms with van der Waals surface area (Å²) < 4.78 is 39.0. The summed E-state index contributed by atoms with van der Waals surface area (Å²) in [4.78, 5) is 26.0. The molecular formula is C25H31F3N4O2. The lowest BCUT2D eigenvalue weighted by Crippen LogP contribution is -2.49. The molecule has 2 saturated heterocycles. The second-order valence-corrected chi connectivity index (χ2v) is 9.28. The molecule has 1 aromatic carbocycles. The van der Waals surface area contributed by atoms with Gasteiger partial charge in [0.15, 0.2) is 0 Å². The van der Waals surface area contributed by atoms with Gasteiger partial charge in [0.1, 0.15) is 12.0 Å². The number of hydrogen-bond acceptors (Lipinski definition) is 5. The number of carbonyl (C=O) groups excluding carboxylic acids is 1. The Morgan fingerprint density at radius 3 is 2.44 bits per heavy atom. The number of nitrogens with zero attached hydrogens (tertiary/aromatic N) is 4. The molecule has 2 fully saturated rings. The lowest BCUT2D eigenvalue weighted by molar-refractivity contribution is -0.137. The molecular weight excluding hydrogens is 445 g/mol. The molecule has 3 heterocycles. The number of carbonyl (C=O) groups is 1. The molecule has 1 amide bonds. The van der Waals surface area contributed by atoms with E-state index in [4.69, 9.17) is 0 Å². The Labute approximate surface area is 197 Å². The number of aliphatic hydroxyl groups is 1. The molecule has 184 valence electrons. The van der Waals surface area contributed by atoms with Crippen molar-refractivity contribution in [2.75, 3.05) is 26.2 Å². The summed E-state index contributed by atoms with van der Waals surface area (Å²) in [5, 5.41) is 9.73. The number of halogens is 3. The van der Waals surface area contributed by atoms with E-state index in [9.17, 15) is 23.1 Å². The summed E-state index contributed by atoms with van der Waals surface area (Å²) in [6, 6.07) is 5.75. The summed E-state index contributed by atoms with van der Waals surface area (Å²) >= 11 is 0. The Balaban J connectivity index is 1.37. The second kappa shape index (κ2) is 10.4. The highest BCUT2D eigenvalue weighted by Gasteiger charge is 2.31. The number of alkyl halides is 3. The maximum absolute atomic E-state index is 13.2. The first-order chi connectivity index (χ1) is 16.2. The minimum atomic E-state index is -4.37. The number of piperidine rings is 2. The van der Waals surface area contributed by atoms with Crippen molar-refractivity contribution in [3.63, 3.8) is 0 Å². The number of hydrogen-bond donors (Lipinski definition) is 1. The topological polar surface area (TPSA) is 69.6 Å². The standard InChI is InChI=1S/C25H31F3N4O2/c1-17-22(6-5-18-3-2-4-19(15-18)25(26,27)28)29-16-30-23(17)24(34)32-11-7-20(8-12-32)31-13-9-21(33)10-14-31/h2-4,15-16,20-21,33H,5-14H2,1H3. The second-order valence-electron chi connectivity index (χ2n) is 9.28. The van der Waals surface area contributed by atoms with E-state index < -0.39 is 11.7 Å². The highest BCUT2D eigenvalue weighted by atomic mass is 19.4. The summed E-state index contributed by atoms with van der Waals surface area (Å²) in [5.74, 6) is -0.118. The van der Waals surface area contributed by atoms with Crippen LogP contribution in [0.4, 0.5) is 13.2 Å². The fourth-order valence-corrected chi connectivity index (χ4v) is 4.96. The zero-order valence-corrected chi connectivity index (χ0v) is 19.4. The number of likely N-dealkylation sites (tertiary alicyclic amines) is 2. The van der Waals surface area contributed by atoms with Gasteiger partial charge >= 0.3 is 6.18 Å². The molecule has 6 nitrogen and oxygen atoms in total. The van der Waals surface area contributed by atoms with Gasteiger partial charge in [-0.25, -0.2) is 9.97 Å². The van der Waals surface area contributed by atoms with Crippen molar-refractivity contribution in [2.24, 2.45) is 0 Å². The smallest absolute Gasteiger partial charge is 0.393 e. The Bertz CT molecular complexity index is 998. The molecule has 0 radical (unpaired) electrons. The summed E-state index contributed by atoms with van der Waals surface area (Å²) in [6.07, 6.45) is 1.04. The predicted molar refractivity (Wildman–Crippen MR) is 121 cm³/mol. The molecule has 2 aliphatic heterocycles. The van der Waals surface area contributed by atoms with Gasteiger partial charge in [0.25, 0.3) is 5.91 Å². The minimum absolute atomic E-state index is 0.118. The number of aromatic nitrogens is 2. The Hall–Kier alpha value is -2.52. The Kier molecular flexibility index (Phi) is 7.52. The number of benzene rings is 1. The van der Waals surface area contributed by atoms with E-state index in [1.165, 1.54) is 12.4 Å². The predicted octanol–water partition coefficient (Wildman–Crippen LogP) is 3.65. The molecule has 0 saturated carbocycles. The van der Waals surface area contributed by atoms with Crippen LogP contribution in [0.25, 0.3) is 0 Å². The van der Waals surface area contributed by atoms with Crippen LogP contribution in [0.1, 0.15) is 58.6 Å². The SMILES string of the molecule is Cc1c(CCc2cccc(C(F)(F)F)c2)ncnc1C(=O)N1CCC(N2CCC(O)CC2)CC1. The van der Waals surface area contributed by atoms with Crippen molar-refractivity contribution < 1.29 is 23.1 Å². The van der Waals surface area contributed by atoms with E-state index in [2.05, 4.69) is 14.9 Å². The third-order valence-electron chi connectivity index (χ3n) is 7.06. The van der Waals surface area contributed by atoms with Crippen LogP contribution in [0.2, 0.25) is 0 Å². The molecule has 0 aliphatic carbocycles. The maximum atomic E-state index is 13.2. The maximum Gasteiger partial charge on any atom is 0.416 e. The molecule has 0 atom stereocenters. The minimum Gasteiger partial charge on any atom is -0.393 e. The van der Waals surface area contributed by atoms with Crippen LogP contribution in [-0.2, 0) is 19.0 Å².